The van der Waals surface area contributed by atoms with Crippen molar-refractivity contribution in [1.82, 2.24) is 14.8 Å². The minimum absolute atomic E-state index is 0.104. The summed E-state index contributed by atoms with van der Waals surface area (Å²) < 4.78 is 7.69. The molecule has 1 amide bonds. The first-order valence-corrected chi connectivity index (χ1v) is 9.76. The Labute approximate surface area is 168 Å². The smallest absolute Gasteiger partial charge is 0.237 e. The number of nitrogens with one attached hydrogen (secondary N) is 1. The fourth-order valence-electron chi connectivity index (χ4n) is 2.47. The number of amides is 1. The Hall–Kier alpha value is -3.06. The quantitative estimate of drug-likeness (QED) is 0.444. The molecule has 0 aliphatic carbocycles. The van der Waals surface area contributed by atoms with Crippen molar-refractivity contribution in [2.24, 2.45) is 0 Å². The minimum atomic E-state index is -0.326. The summed E-state index contributed by atoms with van der Waals surface area (Å²) >= 11 is 1.37. The van der Waals surface area contributed by atoms with Gasteiger partial charge in [-0.3, -0.25) is 4.79 Å². The average molecular weight is 395 g/mol. The van der Waals surface area contributed by atoms with Crippen LogP contribution in [0.5, 0.6) is 11.5 Å². The topological polar surface area (TPSA) is 69.0 Å². The molecule has 0 bridgehead atoms. The number of hydrogen-bond acceptors (Lipinski definition) is 5. The number of benzene rings is 2. The number of para-hydroxylation sites is 1. The van der Waals surface area contributed by atoms with Crippen LogP contribution in [0.2, 0.25) is 0 Å². The molecule has 3 rings (SSSR count). The standard InChI is InChI=1S/C21H22N4O2S/c1-4-14-25-16(3)23-24-21(25)28-15(2)20(26)22-17-10-12-19(13-11-17)27-18-8-6-5-7-9-18/h4-13,15H,1,14H2,2-3H3,(H,22,26)/t15-/m0/s1. The lowest BCUT2D eigenvalue weighted by Gasteiger charge is -2.13. The summed E-state index contributed by atoms with van der Waals surface area (Å²) in [7, 11) is 0. The Balaban J connectivity index is 1.59. The van der Waals surface area contributed by atoms with Gasteiger partial charge in [0.1, 0.15) is 17.3 Å². The maximum Gasteiger partial charge on any atom is 0.237 e. The van der Waals surface area contributed by atoms with Crippen LogP contribution in [-0.2, 0) is 11.3 Å². The third kappa shape index (κ3) is 5.01. The Kier molecular flexibility index (Phi) is 6.49. The van der Waals surface area contributed by atoms with Gasteiger partial charge in [0.15, 0.2) is 5.16 Å². The molecule has 1 heterocycles. The molecule has 0 aliphatic rings. The van der Waals surface area contributed by atoms with E-state index in [1.54, 1.807) is 6.08 Å². The lowest BCUT2D eigenvalue weighted by atomic mass is 10.3. The number of ether oxygens (including phenoxy) is 1. The van der Waals surface area contributed by atoms with Crippen molar-refractivity contribution >= 4 is 23.4 Å². The van der Waals surface area contributed by atoms with Crippen LogP contribution in [-0.4, -0.2) is 25.9 Å². The van der Waals surface area contributed by atoms with E-state index in [9.17, 15) is 4.79 Å². The van der Waals surface area contributed by atoms with Crippen molar-refractivity contribution in [3.8, 4) is 11.5 Å². The minimum Gasteiger partial charge on any atom is -0.457 e. The molecule has 2 aromatic carbocycles. The average Bonchev–Trinajstić information content (AvgIpc) is 3.04. The highest BCUT2D eigenvalue weighted by Crippen LogP contribution is 2.25. The van der Waals surface area contributed by atoms with Gasteiger partial charge < -0.3 is 14.6 Å². The summed E-state index contributed by atoms with van der Waals surface area (Å²) in [6.45, 7) is 8.08. The molecule has 0 aliphatic heterocycles. The van der Waals surface area contributed by atoms with E-state index in [1.165, 1.54) is 11.8 Å². The molecule has 1 aromatic heterocycles. The second-order valence-corrected chi connectivity index (χ2v) is 7.43. The van der Waals surface area contributed by atoms with E-state index in [1.807, 2.05) is 73.0 Å². The SMILES string of the molecule is C=CCn1c(C)nnc1S[C@@H](C)C(=O)Nc1ccc(Oc2ccccc2)cc1. The Morgan fingerprint density at radius 3 is 2.54 bits per heavy atom. The highest BCUT2D eigenvalue weighted by molar-refractivity contribution is 8.00. The molecule has 0 saturated heterocycles. The molecular weight excluding hydrogens is 372 g/mol. The number of nitrogens with zero attached hydrogens (tertiary/aromatic N) is 3. The van der Waals surface area contributed by atoms with Gasteiger partial charge in [-0.25, -0.2) is 0 Å². The van der Waals surface area contributed by atoms with Crippen molar-refractivity contribution in [2.45, 2.75) is 30.8 Å². The van der Waals surface area contributed by atoms with Crippen molar-refractivity contribution in [2.75, 3.05) is 5.32 Å². The predicted octanol–water partition coefficient (Wildman–Crippen LogP) is 4.68. The third-order valence-corrected chi connectivity index (χ3v) is 5.05. The lowest BCUT2D eigenvalue weighted by Crippen LogP contribution is -2.23. The van der Waals surface area contributed by atoms with Crippen LogP contribution in [0, 0.1) is 6.92 Å². The summed E-state index contributed by atoms with van der Waals surface area (Å²) in [5, 5.41) is 11.5. The van der Waals surface area contributed by atoms with Crippen molar-refractivity contribution < 1.29 is 9.53 Å². The van der Waals surface area contributed by atoms with Gasteiger partial charge in [-0.1, -0.05) is 36.0 Å². The van der Waals surface area contributed by atoms with Gasteiger partial charge in [0, 0.05) is 12.2 Å². The van der Waals surface area contributed by atoms with E-state index in [0.29, 0.717) is 23.1 Å². The molecule has 1 N–H and O–H groups in total. The molecule has 6 nitrogen and oxygen atoms in total. The zero-order valence-corrected chi connectivity index (χ0v) is 16.6. The van der Waals surface area contributed by atoms with E-state index in [-0.39, 0.29) is 11.2 Å². The fourth-order valence-corrected chi connectivity index (χ4v) is 3.38. The maximum absolute atomic E-state index is 12.5. The van der Waals surface area contributed by atoms with Gasteiger partial charge in [-0.05, 0) is 50.2 Å². The van der Waals surface area contributed by atoms with Crippen LogP contribution in [0.4, 0.5) is 5.69 Å². The molecule has 7 heteroatoms. The number of aromatic nitrogens is 3. The molecule has 0 spiro atoms. The van der Waals surface area contributed by atoms with Gasteiger partial charge in [0.05, 0.1) is 5.25 Å². The number of hydrogen-bond donors (Lipinski definition) is 1. The number of aryl methyl sites for hydroxylation is 1. The van der Waals surface area contributed by atoms with Gasteiger partial charge in [-0.2, -0.15) is 0 Å². The lowest BCUT2D eigenvalue weighted by molar-refractivity contribution is -0.115. The molecule has 0 fully saturated rings. The van der Waals surface area contributed by atoms with E-state index >= 15 is 0 Å². The van der Waals surface area contributed by atoms with Crippen LogP contribution in [0.3, 0.4) is 0 Å². The molecular formula is C21H22N4O2S. The van der Waals surface area contributed by atoms with Crippen LogP contribution in [0.25, 0.3) is 0 Å². The number of anilines is 1. The first-order valence-electron chi connectivity index (χ1n) is 8.88. The van der Waals surface area contributed by atoms with Crippen LogP contribution in [0.1, 0.15) is 12.7 Å². The first-order chi connectivity index (χ1) is 13.6. The first kappa shape index (κ1) is 19.7. The number of rotatable bonds is 8. The molecule has 0 saturated carbocycles. The van der Waals surface area contributed by atoms with Crippen LogP contribution < -0.4 is 10.1 Å². The van der Waals surface area contributed by atoms with Gasteiger partial charge in [0.2, 0.25) is 5.91 Å². The summed E-state index contributed by atoms with van der Waals surface area (Å²) in [6.07, 6.45) is 1.78. The van der Waals surface area contributed by atoms with E-state index < -0.39 is 0 Å². The summed E-state index contributed by atoms with van der Waals surface area (Å²) in [5.41, 5.74) is 0.710. The van der Waals surface area contributed by atoms with Gasteiger partial charge >= 0.3 is 0 Å². The highest BCUT2D eigenvalue weighted by Gasteiger charge is 2.19. The zero-order valence-electron chi connectivity index (χ0n) is 15.8. The molecule has 1 atom stereocenters. The van der Waals surface area contributed by atoms with Crippen LogP contribution >= 0.6 is 11.8 Å². The van der Waals surface area contributed by atoms with Crippen molar-refractivity contribution in [1.29, 1.82) is 0 Å². The van der Waals surface area contributed by atoms with Crippen molar-refractivity contribution in [3.63, 3.8) is 0 Å². The number of carbonyl (C=O) groups is 1. The molecule has 0 radical (unpaired) electrons. The van der Waals surface area contributed by atoms with Gasteiger partial charge in [0.25, 0.3) is 0 Å². The van der Waals surface area contributed by atoms with Crippen LogP contribution in [0.15, 0.2) is 72.4 Å². The van der Waals surface area contributed by atoms with E-state index in [4.69, 9.17) is 4.74 Å². The Morgan fingerprint density at radius 1 is 1.18 bits per heavy atom. The third-order valence-electron chi connectivity index (χ3n) is 3.97. The second-order valence-electron chi connectivity index (χ2n) is 6.12. The summed E-state index contributed by atoms with van der Waals surface area (Å²) in [4.78, 5) is 12.5. The Bertz CT molecular complexity index is 939. The summed E-state index contributed by atoms with van der Waals surface area (Å²) in [5.74, 6) is 2.17. The highest BCUT2D eigenvalue weighted by atomic mass is 32.2. The fraction of sp³-hybridized carbons (Fsp3) is 0.190. The van der Waals surface area contributed by atoms with Crippen molar-refractivity contribution in [3.05, 3.63) is 73.1 Å². The van der Waals surface area contributed by atoms with E-state index in [0.717, 1.165) is 11.6 Å². The molecule has 28 heavy (non-hydrogen) atoms. The normalized spacial score (nSPS) is 11.6. The zero-order chi connectivity index (χ0) is 19.9. The molecule has 3 aromatic rings. The predicted molar refractivity (Wildman–Crippen MR) is 112 cm³/mol. The molecule has 144 valence electrons. The number of thioether (sulfide) groups is 1. The number of allylic oxidation sites excluding steroid dienone is 1. The Morgan fingerprint density at radius 2 is 1.86 bits per heavy atom. The second kappa shape index (κ2) is 9.23. The monoisotopic (exact) mass is 394 g/mol. The van der Waals surface area contributed by atoms with E-state index in [2.05, 4.69) is 22.1 Å². The maximum atomic E-state index is 12.5. The molecule has 0 unspecified atom stereocenters. The van der Waals surface area contributed by atoms with Gasteiger partial charge in [-0.15, -0.1) is 16.8 Å². The number of carbonyl (C=O) groups excluding carboxylic acids is 1. The largest absolute Gasteiger partial charge is 0.457 e. The summed E-state index contributed by atoms with van der Waals surface area (Å²) in [6, 6.07) is 16.8.